The maximum absolute atomic E-state index is 6.65. The minimum absolute atomic E-state index is 0.645. The smallest absolute Gasteiger partial charge is 0.0860 e. The lowest BCUT2D eigenvalue weighted by Gasteiger charge is -2.20. The minimum atomic E-state index is 0.645. The summed E-state index contributed by atoms with van der Waals surface area (Å²) in [5.74, 6) is 0. The summed E-state index contributed by atoms with van der Waals surface area (Å²) in [6.45, 7) is 0. The summed E-state index contributed by atoms with van der Waals surface area (Å²) in [5.41, 5.74) is 9.52. The first kappa shape index (κ1) is 33.2. The molecule has 0 fully saturated rings. The highest BCUT2D eigenvalue weighted by Gasteiger charge is 2.24. The lowest BCUT2D eigenvalue weighted by atomic mass is 9.98. The molecule has 0 aliphatic heterocycles. The second-order valence-electron chi connectivity index (χ2n) is 11.6. The van der Waals surface area contributed by atoms with Gasteiger partial charge in [-0.3, -0.25) is 0 Å². The van der Waals surface area contributed by atoms with Gasteiger partial charge in [0, 0.05) is 53.1 Å². The van der Waals surface area contributed by atoms with Crippen molar-refractivity contribution in [2.75, 3.05) is 0 Å². The van der Waals surface area contributed by atoms with Crippen molar-refractivity contribution in [2.24, 2.45) is 0 Å². The van der Waals surface area contributed by atoms with Crippen molar-refractivity contribution in [3.63, 3.8) is 0 Å². The summed E-state index contributed by atoms with van der Waals surface area (Å²) in [6, 6.07) is 48.2. The number of halogens is 4. The second kappa shape index (κ2) is 14.3. The first-order valence-electron chi connectivity index (χ1n) is 15.7. The van der Waals surface area contributed by atoms with Crippen LogP contribution in [-0.4, -0.2) is 9.97 Å². The molecule has 0 aliphatic carbocycles. The van der Waals surface area contributed by atoms with E-state index in [0.717, 1.165) is 76.4 Å². The summed E-state index contributed by atoms with van der Waals surface area (Å²) in [6.07, 6.45) is 0. The number of hydrogen-bond acceptors (Lipinski definition) is 4. The van der Waals surface area contributed by atoms with Crippen molar-refractivity contribution in [1.82, 2.24) is 9.97 Å². The van der Waals surface area contributed by atoms with Crippen LogP contribution in [0.25, 0.3) is 66.6 Å². The maximum Gasteiger partial charge on any atom is 0.0860 e. The van der Waals surface area contributed by atoms with E-state index < -0.39 is 0 Å². The molecule has 2 heterocycles. The van der Waals surface area contributed by atoms with Gasteiger partial charge in [-0.15, -0.1) is 0 Å². The van der Waals surface area contributed by atoms with Crippen molar-refractivity contribution < 1.29 is 0 Å². The number of benzene rings is 6. The largest absolute Gasteiger partial charge is 0.247 e. The van der Waals surface area contributed by atoms with Crippen LogP contribution in [0.5, 0.6) is 0 Å². The van der Waals surface area contributed by atoms with Crippen LogP contribution in [0.3, 0.4) is 0 Å². The Morgan fingerprint density at radius 1 is 0.360 bits per heavy atom. The molecule has 0 amide bonds. The Bertz CT molecular complexity index is 2330. The number of fused-ring (bicyclic) bond motifs is 2. The van der Waals surface area contributed by atoms with Gasteiger partial charge >= 0.3 is 0 Å². The number of aromatic nitrogens is 2. The van der Waals surface area contributed by atoms with Gasteiger partial charge in [-0.05, 0) is 93.4 Å². The molecule has 0 bridgehead atoms. The molecule has 0 saturated carbocycles. The SMILES string of the molecule is Clc1ccc(-c2nc3ccc(Cl)cc3c(-c3ccccc3)c2SSc2c(-c3ccc(Cl)cc3)nc3ccc(Cl)cc3c2-c2ccccc2)cc1. The number of hydrogen-bond donors (Lipinski definition) is 0. The maximum atomic E-state index is 6.65. The van der Waals surface area contributed by atoms with Crippen LogP contribution in [0.1, 0.15) is 0 Å². The van der Waals surface area contributed by atoms with Gasteiger partial charge in [-0.1, -0.05) is 131 Å². The quantitative estimate of drug-likeness (QED) is 0.151. The highest BCUT2D eigenvalue weighted by molar-refractivity contribution is 8.76. The lowest BCUT2D eigenvalue weighted by molar-refractivity contribution is 1.30. The molecular formula is C42H24Cl4N2S2. The second-order valence-corrected chi connectivity index (χ2v) is 15.5. The van der Waals surface area contributed by atoms with Gasteiger partial charge in [0.25, 0.3) is 0 Å². The number of nitrogens with zero attached hydrogens (tertiary/aromatic N) is 2. The Morgan fingerprint density at radius 2 is 0.720 bits per heavy atom. The molecule has 242 valence electrons. The lowest BCUT2D eigenvalue weighted by Crippen LogP contribution is -1.96. The summed E-state index contributed by atoms with van der Waals surface area (Å²) in [5, 5.41) is 4.55. The Hall–Kier alpha value is -4.00. The third kappa shape index (κ3) is 6.60. The Morgan fingerprint density at radius 3 is 1.10 bits per heavy atom. The van der Waals surface area contributed by atoms with E-state index >= 15 is 0 Å². The molecule has 50 heavy (non-hydrogen) atoms. The van der Waals surface area contributed by atoms with Gasteiger partial charge < -0.3 is 0 Å². The Labute approximate surface area is 317 Å². The Kier molecular flexibility index (Phi) is 9.50. The van der Waals surface area contributed by atoms with Crippen molar-refractivity contribution in [3.05, 3.63) is 166 Å². The van der Waals surface area contributed by atoms with Crippen molar-refractivity contribution in [1.29, 1.82) is 0 Å². The van der Waals surface area contributed by atoms with E-state index in [1.165, 1.54) is 0 Å². The average molecular weight is 763 g/mol. The molecule has 0 aliphatic rings. The topological polar surface area (TPSA) is 25.8 Å². The van der Waals surface area contributed by atoms with E-state index in [9.17, 15) is 0 Å². The van der Waals surface area contributed by atoms with E-state index in [1.807, 2.05) is 97.1 Å². The first-order valence-corrected chi connectivity index (χ1v) is 19.3. The third-order valence-corrected chi connectivity index (χ3v) is 11.8. The summed E-state index contributed by atoms with van der Waals surface area (Å²) in [7, 11) is 3.31. The van der Waals surface area contributed by atoms with Gasteiger partial charge in [-0.2, -0.15) is 0 Å². The van der Waals surface area contributed by atoms with E-state index in [1.54, 1.807) is 21.6 Å². The van der Waals surface area contributed by atoms with E-state index in [4.69, 9.17) is 56.4 Å². The molecular weight excluding hydrogens is 738 g/mol. The van der Waals surface area contributed by atoms with Crippen LogP contribution >= 0.6 is 68.0 Å². The molecule has 8 heteroatoms. The normalized spacial score (nSPS) is 11.4. The minimum Gasteiger partial charge on any atom is -0.247 e. The molecule has 0 atom stereocenters. The molecule has 0 unspecified atom stereocenters. The van der Waals surface area contributed by atoms with Crippen LogP contribution in [0.15, 0.2) is 155 Å². The van der Waals surface area contributed by atoms with Crippen LogP contribution in [0.2, 0.25) is 20.1 Å². The van der Waals surface area contributed by atoms with E-state index in [0.29, 0.717) is 20.1 Å². The zero-order valence-corrected chi connectivity index (χ0v) is 30.7. The fourth-order valence-electron chi connectivity index (χ4n) is 6.07. The zero-order chi connectivity index (χ0) is 34.2. The van der Waals surface area contributed by atoms with Crippen molar-refractivity contribution >= 4 is 89.8 Å². The molecule has 6 aromatic carbocycles. The van der Waals surface area contributed by atoms with Crippen LogP contribution in [0.4, 0.5) is 0 Å². The van der Waals surface area contributed by atoms with Crippen molar-refractivity contribution in [2.45, 2.75) is 9.79 Å². The third-order valence-electron chi connectivity index (χ3n) is 8.37. The van der Waals surface area contributed by atoms with Crippen molar-refractivity contribution in [3.8, 4) is 44.8 Å². The molecule has 8 rings (SSSR count). The molecule has 0 radical (unpaired) electrons. The molecule has 0 N–H and O–H groups in total. The Balaban J connectivity index is 1.42. The summed E-state index contributed by atoms with van der Waals surface area (Å²) in [4.78, 5) is 12.5. The highest BCUT2D eigenvalue weighted by Crippen LogP contribution is 2.53. The zero-order valence-electron chi connectivity index (χ0n) is 26.1. The molecule has 2 nitrogen and oxygen atoms in total. The molecule has 0 spiro atoms. The van der Waals surface area contributed by atoms with Gasteiger partial charge in [0.2, 0.25) is 0 Å². The van der Waals surface area contributed by atoms with E-state index in [2.05, 4.69) is 48.5 Å². The molecule has 8 aromatic rings. The van der Waals surface area contributed by atoms with Gasteiger partial charge in [-0.25, -0.2) is 9.97 Å². The predicted molar refractivity (Wildman–Crippen MR) is 217 cm³/mol. The molecule has 2 aromatic heterocycles. The number of rotatable bonds is 7. The van der Waals surface area contributed by atoms with Gasteiger partial charge in [0.05, 0.1) is 32.2 Å². The fourth-order valence-corrected chi connectivity index (χ4v) is 9.41. The monoisotopic (exact) mass is 760 g/mol. The van der Waals surface area contributed by atoms with Gasteiger partial charge in [0.1, 0.15) is 0 Å². The van der Waals surface area contributed by atoms with Crippen LogP contribution in [0, 0.1) is 0 Å². The first-order chi connectivity index (χ1) is 24.4. The number of pyridine rings is 2. The highest BCUT2D eigenvalue weighted by atomic mass is 35.5. The average Bonchev–Trinajstić information content (AvgIpc) is 3.14. The van der Waals surface area contributed by atoms with E-state index in [-0.39, 0.29) is 0 Å². The molecule has 0 saturated heterocycles. The van der Waals surface area contributed by atoms with Crippen LogP contribution in [-0.2, 0) is 0 Å². The van der Waals surface area contributed by atoms with Gasteiger partial charge in [0.15, 0.2) is 0 Å². The van der Waals surface area contributed by atoms with Crippen LogP contribution < -0.4 is 0 Å². The summed E-state index contributed by atoms with van der Waals surface area (Å²) < 4.78 is 0. The fraction of sp³-hybridized carbons (Fsp3) is 0. The predicted octanol–water partition coefficient (Wildman–Crippen LogP) is 14.9. The summed E-state index contributed by atoms with van der Waals surface area (Å²) >= 11 is 26.0. The standard InChI is InChI=1S/C42H24Cl4N2S2/c43-29-15-11-27(12-16-29)39-41(37(25-7-3-1-4-8-25)33-23-31(45)19-21-35(33)47-39)49-50-42-38(26-9-5-2-6-10-26)34-24-32(46)20-22-36(34)48-40(42)28-13-17-30(44)18-14-28/h1-24H.